The molecule has 0 radical (unpaired) electrons. The average molecular weight is 431 g/mol. The van der Waals surface area contributed by atoms with Gasteiger partial charge < -0.3 is 19.5 Å². The minimum Gasteiger partial charge on any atom is -0.493 e. The Labute approximate surface area is 173 Å². The molecule has 0 aliphatic carbocycles. The van der Waals surface area contributed by atoms with Gasteiger partial charge in [-0.3, -0.25) is 19.8 Å². The van der Waals surface area contributed by atoms with Gasteiger partial charge in [0, 0.05) is 31.2 Å². The fourth-order valence-corrected chi connectivity index (χ4v) is 3.41. The zero-order chi connectivity index (χ0) is 22.6. The number of nitro benzene ring substituents is 1. The highest BCUT2D eigenvalue weighted by atomic mass is 19.3. The van der Waals surface area contributed by atoms with E-state index < -0.39 is 34.4 Å². The van der Waals surface area contributed by atoms with Gasteiger partial charge in [-0.15, -0.1) is 0 Å². The normalized spacial score (nSPS) is 20.1. The fraction of sp³-hybridized carbons (Fsp3) is 0.632. The molecule has 1 aromatic rings. The number of rotatable bonds is 8. The summed E-state index contributed by atoms with van der Waals surface area (Å²) in [5.41, 5.74) is -1.41. The second-order valence-corrected chi connectivity index (χ2v) is 7.81. The number of ether oxygens (including phenoxy) is 3. The lowest BCUT2D eigenvalue weighted by atomic mass is 9.99. The molecule has 2 atom stereocenters. The van der Waals surface area contributed by atoms with Crippen LogP contribution in [0.2, 0.25) is 0 Å². The van der Waals surface area contributed by atoms with Crippen molar-refractivity contribution in [3.05, 3.63) is 27.8 Å². The number of halogens is 2. The van der Waals surface area contributed by atoms with Crippen LogP contribution in [-0.4, -0.2) is 66.8 Å². The van der Waals surface area contributed by atoms with E-state index in [0.29, 0.717) is 13.1 Å². The number of nitrogens with one attached hydrogen (secondary N) is 1. The number of methoxy groups -OCH3 is 1. The maximum Gasteiger partial charge on any atom is 0.387 e. The van der Waals surface area contributed by atoms with E-state index in [-0.39, 0.29) is 30.1 Å². The lowest BCUT2D eigenvalue weighted by Gasteiger charge is -2.45. The molecule has 168 valence electrons. The molecule has 30 heavy (non-hydrogen) atoms. The van der Waals surface area contributed by atoms with Gasteiger partial charge in [-0.2, -0.15) is 8.78 Å². The Hall–Kier alpha value is -2.53. The van der Waals surface area contributed by atoms with E-state index in [0.717, 1.165) is 12.1 Å². The minimum absolute atomic E-state index is 0.0384. The molecule has 0 aromatic heterocycles. The second kappa shape index (κ2) is 9.52. The standard InChI is InChI=1S/C19H27F2N3O6/c1-11-8-23(9-12(2)29-11)19(3,4)10-22-17(25)13-6-15(28-5)16(30-18(20)21)7-14(13)24(26)27/h6-7,11-12,18H,8-10H2,1-5H3,(H,22,25). The summed E-state index contributed by atoms with van der Waals surface area (Å²) >= 11 is 0. The summed E-state index contributed by atoms with van der Waals surface area (Å²) in [5, 5.41) is 14.1. The van der Waals surface area contributed by atoms with Gasteiger partial charge in [0.1, 0.15) is 5.56 Å². The highest BCUT2D eigenvalue weighted by molar-refractivity contribution is 5.99. The molecule has 1 aromatic carbocycles. The Morgan fingerprint density at radius 1 is 1.33 bits per heavy atom. The van der Waals surface area contributed by atoms with Crippen molar-refractivity contribution in [1.82, 2.24) is 10.2 Å². The maximum atomic E-state index is 12.7. The van der Waals surface area contributed by atoms with E-state index >= 15 is 0 Å². The number of hydrogen-bond donors (Lipinski definition) is 1. The van der Waals surface area contributed by atoms with E-state index in [4.69, 9.17) is 9.47 Å². The van der Waals surface area contributed by atoms with Gasteiger partial charge in [0.15, 0.2) is 11.5 Å². The third kappa shape index (κ3) is 5.76. The molecule has 1 N–H and O–H groups in total. The summed E-state index contributed by atoms with van der Waals surface area (Å²) in [6.07, 6.45) is 0.0768. The molecule has 2 unspecified atom stereocenters. The topological polar surface area (TPSA) is 103 Å². The molecule has 0 spiro atoms. The Balaban J connectivity index is 2.22. The van der Waals surface area contributed by atoms with Gasteiger partial charge in [-0.1, -0.05) is 0 Å². The number of amides is 1. The SMILES string of the molecule is COc1cc(C(=O)NCC(C)(C)N2CC(C)OC(C)C2)c([N+](=O)[O-])cc1OC(F)F. The van der Waals surface area contributed by atoms with Crippen molar-refractivity contribution in [2.75, 3.05) is 26.7 Å². The third-order valence-corrected chi connectivity index (χ3v) is 4.90. The number of carbonyl (C=O) groups excluding carboxylic acids is 1. The van der Waals surface area contributed by atoms with E-state index in [1.807, 2.05) is 27.7 Å². The van der Waals surface area contributed by atoms with Crippen LogP contribution in [0.1, 0.15) is 38.1 Å². The predicted octanol–water partition coefficient (Wildman–Crippen LogP) is 2.82. The van der Waals surface area contributed by atoms with Crippen molar-refractivity contribution in [3.8, 4) is 11.5 Å². The summed E-state index contributed by atoms with van der Waals surface area (Å²) in [6.45, 7) is 6.21. The molecular formula is C19H27F2N3O6. The average Bonchev–Trinajstić information content (AvgIpc) is 2.64. The third-order valence-electron chi connectivity index (χ3n) is 4.90. The highest BCUT2D eigenvalue weighted by Crippen LogP contribution is 2.35. The van der Waals surface area contributed by atoms with Crippen LogP contribution >= 0.6 is 0 Å². The summed E-state index contributed by atoms with van der Waals surface area (Å²) < 4.78 is 40.1. The molecule has 2 rings (SSSR count). The number of alkyl halides is 2. The first-order valence-electron chi connectivity index (χ1n) is 9.44. The number of nitro groups is 1. The second-order valence-electron chi connectivity index (χ2n) is 7.81. The molecule has 0 saturated carbocycles. The molecule has 1 aliphatic heterocycles. The number of hydrogen-bond acceptors (Lipinski definition) is 7. The van der Waals surface area contributed by atoms with Crippen LogP contribution < -0.4 is 14.8 Å². The van der Waals surface area contributed by atoms with Gasteiger partial charge in [0.05, 0.1) is 30.3 Å². The van der Waals surface area contributed by atoms with E-state index in [1.54, 1.807) is 0 Å². The molecule has 1 amide bonds. The van der Waals surface area contributed by atoms with Crippen molar-refractivity contribution < 1.29 is 32.7 Å². The molecule has 1 heterocycles. The van der Waals surface area contributed by atoms with Crippen LogP contribution in [0.4, 0.5) is 14.5 Å². The quantitative estimate of drug-likeness (QED) is 0.499. The molecule has 11 heteroatoms. The first kappa shape index (κ1) is 23.7. The monoisotopic (exact) mass is 431 g/mol. The fourth-order valence-electron chi connectivity index (χ4n) is 3.41. The van der Waals surface area contributed by atoms with Gasteiger partial charge in [0.25, 0.3) is 11.6 Å². The Bertz CT molecular complexity index is 780. The number of nitrogens with zero attached hydrogens (tertiary/aromatic N) is 2. The lowest BCUT2D eigenvalue weighted by Crippen LogP contribution is -2.58. The van der Waals surface area contributed by atoms with Crippen LogP contribution in [0.15, 0.2) is 12.1 Å². The van der Waals surface area contributed by atoms with E-state index in [1.165, 1.54) is 7.11 Å². The van der Waals surface area contributed by atoms with Gasteiger partial charge in [-0.25, -0.2) is 0 Å². The van der Waals surface area contributed by atoms with Crippen LogP contribution in [0.3, 0.4) is 0 Å². The Kier molecular flexibility index (Phi) is 7.54. The molecule has 1 fully saturated rings. The lowest BCUT2D eigenvalue weighted by molar-refractivity contribution is -0.385. The van der Waals surface area contributed by atoms with Gasteiger partial charge in [-0.05, 0) is 27.7 Å². The maximum absolute atomic E-state index is 12.7. The van der Waals surface area contributed by atoms with E-state index in [2.05, 4.69) is 15.0 Å². The van der Waals surface area contributed by atoms with E-state index in [9.17, 15) is 23.7 Å². The molecule has 9 nitrogen and oxygen atoms in total. The number of morpholine rings is 1. The van der Waals surface area contributed by atoms with Crippen LogP contribution in [0, 0.1) is 10.1 Å². The van der Waals surface area contributed by atoms with Crippen molar-refractivity contribution in [3.63, 3.8) is 0 Å². The summed E-state index contributed by atoms with van der Waals surface area (Å²) in [5.74, 6) is -1.44. The molecular weight excluding hydrogens is 404 g/mol. The van der Waals surface area contributed by atoms with Crippen molar-refractivity contribution in [1.29, 1.82) is 0 Å². The first-order chi connectivity index (χ1) is 13.9. The molecule has 1 saturated heterocycles. The smallest absolute Gasteiger partial charge is 0.387 e. The summed E-state index contributed by atoms with van der Waals surface area (Å²) in [4.78, 5) is 25.5. The first-order valence-corrected chi connectivity index (χ1v) is 9.44. The Morgan fingerprint density at radius 2 is 1.93 bits per heavy atom. The van der Waals surface area contributed by atoms with Gasteiger partial charge in [0.2, 0.25) is 0 Å². The van der Waals surface area contributed by atoms with Crippen LogP contribution in [-0.2, 0) is 4.74 Å². The highest BCUT2D eigenvalue weighted by Gasteiger charge is 2.34. The number of benzene rings is 1. The zero-order valence-electron chi connectivity index (χ0n) is 17.6. The van der Waals surface area contributed by atoms with Crippen LogP contribution in [0.5, 0.6) is 11.5 Å². The predicted molar refractivity (Wildman–Crippen MR) is 104 cm³/mol. The summed E-state index contributed by atoms with van der Waals surface area (Å²) in [6, 6.07) is 1.79. The van der Waals surface area contributed by atoms with Crippen molar-refractivity contribution >= 4 is 11.6 Å². The van der Waals surface area contributed by atoms with Crippen LogP contribution in [0.25, 0.3) is 0 Å². The molecule has 0 bridgehead atoms. The largest absolute Gasteiger partial charge is 0.493 e. The Morgan fingerprint density at radius 3 is 2.43 bits per heavy atom. The van der Waals surface area contributed by atoms with Crippen molar-refractivity contribution in [2.24, 2.45) is 0 Å². The number of carbonyl (C=O) groups is 1. The minimum atomic E-state index is -3.20. The van der Waals surface area contributed by atoms with Crippen molar-refractivity contribution in [2.45, 2.75) is 52.1 Å². The summed E-state index contributed by atoms with van der Waals surface area (Å²) in [7, 11) is 1.19. The van der Waals surface area contributed by atoms with Gasteiger partial charge >= 0.3 is 6.61 Å². The molecule has 1 aliphatic rings. The zero-order valence-corrected chi connectivity index (χ0v) is 17.6.